The van der Waals surface area contributed by atoms with Crippen molar-refractivity contribution in [3.63, 3.8) is 0 Å². The van der Waals surface area contributed by atoms with Gasteiger partial charge in [-0.3, -0.25) is 0 Å². The van der Waals surface area contributed by atoms with Gasteiger partial charge in [0.05, 0.1) is 5.56 Å². The van der Waals surface area contributed by atoms with Crippen LogP contribution in [0.4, 0.5) is 4.53 Å². The molecule has 0 radical (unpaired) electrons. The normalized spacial score (nSPS) is 10.3. The van der Waals surface area contributed by atoms with Gasteiger partial charge in [0, 0.05) is 16.4 Å². The first-order valence-corrected chi connectivity index (χ1v) is 5.15. The molecule has 17 heavy (non-hydrogen) atoms. The first-order chi connectivity index (χ1) is 8.13. The Morgan fingerprint density at radius 1 is 1.47 bits per heavy atom. The first kappa shape index (κ1) is 11.6. The number of hydrogen-bond acceptors (Lipinski definition) is 3. The molecule has 2 aromatic rings. The van der Waals surface area contributed by atoms with Crippen LogP contribution in [0.25, 0.3) is 5.82 Å². The lowest BCUT2D eigenvalue weighted by atomic mass is 10.2. The van der Waals surface area contributed by atoms with Crippen LogP contribution in [0, 0.1) is 6.92 Å². The summed E-state index contributed by atoms with van der Waals surface area (Å²) in [5, 5.41) is 0.338. The van der Waals surface area contributed by atoms with E-state index in [4.69, 9.17) is 11.6 Å². The van der Waals surface area contributed by atoms with Crippen molar-refractivity contribution in [2.75, 3.05) is 0 Å². The molecule has 0 saturated heterocycles. The highest BCUT2D eigenvalue weighted by atomic mass is 35.5. The van der Waals surface area contributed by atoms with E-state index in [0.29, 0.717) is 16.7 Å². The first-order valence-electron chi connectivity index (χ1n) is 4.77. The van der Waals surface area contributed by atoms with E-state index in [0.717, 1.165) is 0 Å². The molecule has 0 aliphatic heterocycles. The maximum absolute atomic E-state index is 11.8. The highest BCUT2D eigenvalue weighted by molar-refractivity contribution is 6.29. The van der Waals surface area contributed by atoms with Crippen molar-refractivity contribution >= 4 is 17.6 Å². The predicted molar refractivity (Wildman–Crippen MR) is 59.8 cm³/mol. The van der Waals surface area contributed by atoms with Crippen LogP contribution in [-0.2, 0) is 4.94 Å². The zero-order valence-electron chi connectivity index (χ0n) is 8.85. The molecule has 0 bridgehead atoms. The van der Waals surface area contributed by atoms with Gasteiger partial charge in [0.1, 0.15) is 11.0 Å². The third kappa shape index (κ3) is 2.14. The van der Waals surface area contributed by atoms with Crippen LogP contribution in [0.1, 0.15) is 16.1 Å². The number of hydrogen-bond donors (Lipinski definition) is 0. The highest BCUT2D eigenvalue weighted by Gasteiger charge is 2.16. The van der Waals surface area contributed by atoms with E-state index in [-0.39, 0.29) is 5.56 Å². The van der Waals surface area contributed by atoms with Crippen LogP contribution in [0.5, 0.6) is 0 Å². The Bertz CT molecular complexity index is 568. The Morgan fingerprint density at radius 3 is 2.88 bits per heavy atom. The number of carbonyl (C=O) groups excluding carboxylic acids is 1. The Morgan fingerprint density at radius 2 is 2.24 bits per heavy atom. The van der Waals surface area contributed by atoms with Gasteiger partial charge < -0.3 is 4.57 Å². The smallest absolute Gasteiger partial charge is 0.305 e. The molecule has 0 amide bonds. The highest BCUT2D eigenvalue weighted by Crippen LogP contribution is 2.17. The molecule has 0 atom stereocenters. The molecular weight excluding hydrogens is 247 g/mol. The fraction of sp³-hybridized carbons (Fsp3) is 0.0909. The monoisotopic (exact) mass is 254 g/mol. The Balaban J connectivity index is 2.48. The van der Waals surface area contributed by atoms with E-state index in [1.807, 2.05) is 0 Å². The minimum atomic E-state index is -1.02. The Hall–Kier alpha value is -1.88. The molecule has 0 spiro atoms. The van der Waals surface area contributed by atoms with E-state index in [1.54, 1.807) is 35.9 Å². The minimum absolute atomic E-state index is 0.147. The minimum Gasteiger partial charge on any atom is -0.305 e. The van der Waals surface area contributed by atoms with Gasteiger partial charge in [-0.2, -0.15) is 0 Å². The van der Waals surface area contributed by atoms with E-state index in [9.17, 15) is 9.32 Å². The standard InChI is InChI=1S/C11H8ClFN2O2/c1-7-8(11(16)17-13)5-6-15(7)10-4-2-3-9(12)14-10/h2-6H,1H3. The van der Waals surface area contributed by atoms with Gasteiger partial charge in [0.15, 0.2) is 0 Å². The maximum Gasteiger partial charge on any atom is 0.381 e. The summed E-state index contributed by atoms with van der Waals surface area (Å²) in [5.74, 6) is -0.476. The number of rotatable bonds is 2. The van der Waals surface area contributed by atoms with Gasteiger partial charge in [0.25, 0.3) is 0 Å². The molecule has 0 saturated carbocycles. The maximum atomic E-state index is 11.8. The van der Waals surface area contributed by atoms with Crippen LogP contribution in [0.2, 0.25) is 5.15 Å². The summed E-state index contributed by atoms with van der Waals surface area (Å²) in [6.45, 7) is 1.66. The largest absolute Gasteiger partial charge is 0.381 e. The number of halogens is 2. The lowest BCUT2D eigenvalue weighted by molar-refractivity contribution is -0.0788. The van der Waals surface area contributed by atoms with Crippen molar-refractivity contribution in [3.05, 3.63) is 46.9 Å². The molecule has 2 heterocycles. The zero-order chi connectivity index (χ0) is 12.4. The summed E-state index contributed by atoms with van der Waals surface area (Å²) in [7, 11) is 0. The van der Waals surface area contributed by atoms with Crippen molar-refractivity contribution in [1.29, 1.82) is 0 Å². The fourth-order valence-corrected chi connectivity index (χ4v) is 1.71. The molecule has 88 valence electrons. The third-order valence-electron chi connectivity index (χ3n) is 2.38. The average molecular weight is 255 g/mol. The predicted octanol–water partition coefficient (Wildman–Crippen LogP) is 2.88. The molecule has 2 aromatic heterocycles. The van der Waals surface area contributed by atoms with Gasteiger partial charge in [0.2, 0.25) is 0 Å². The quantitative estimate of drug-likeness (QED) is 0.774. The number of pyridine rings is 1. The van der Waals surface area contributed by atoms with Crippen LogP contribution in [0.3, 0.4) is 0 Å². The van der Waals surface area contributed by atoms with Crippen LogP contribution >= 0.6 is 11.6 Å². The van der Waals surface area contributed by atoms with E-state index < -0.39 is 5.97 Å². The molecule has 2 rings (SSSR count). The van der Waals surface area contributed by atoms with Gasteiger partial charge in [-0.15, -0.1) is 0 Å². The van der Waals surface area contributed by atoms with Crippen LogP contribution in [-0.4, -0.2) is 15.5 Å². The summed E-state index contributed by atoms with van der Waals surface area (Å²) in [4.78, 5) is 18.4. The van der Waals surface area contributed by atoms with Crippen LogP contribution in [0.15, 0.2) is 30.5 Å². The molecule has 0 unspecified atom stereocenters. The lowest BCUT2D eigenvalue weighted by Crippen LogP contribution is -2.03. The summed E-state index contributed by atoms with van der Waals surface area (Å²) in [6, 6.07) is 6.56. The second-order valence-corrected chi connectivity index (χ2v) is 3.76. The number of nitrogens with zero attached hydrogens (tertiary/aromatic N) is 2. The van der Waals surface area contributed by atoms with Crippen molar-refractivity contribution in [2.45, 2.75) is 6.92 Å². The Labute approximate surface area is 102 Å². The molecular formula is C11H8ClFN2O2. The van der Waals surface area contributed by atoms with Crippen molar-refractivity contribution in [2.24, 2.45) is 0 Å². The molecule has 6 heteroatoms. The summed E-state index contributed by atoms with van der Waals surface area (Å²) >= 11 is 5.77. The summed E-state index contributed by atoms with van der Waals surface area (Å²) in [6.07, 6.45) is 1.60. The van der Waals surface area contributed by atoms with E-state index in [2.05, 4.69) is 9.93 Å². The molecule has 4 nitrogen and oxygen atoms in total. The van der Waals surface area contributed by atoms with Gasteiger partial charge >= 0.3 is 5.97 Å². The SMILES string of the molecule is Cc1c(C(=O)OF)ccn1-c1cccc(Cl)n1. The second-order valence-electron chi connectivity index (χ2n) is 3.37. The van der Waals surface area contributed by atoms with Crippen molar-refractivity contribution < 1.29 is 14.3 Å². The second kappa shape index (κ2) is 4.55. The van der Waals surface area contributed by atoms with Gasteiger partial charge in [-0.25, -0.2) is 14.7 Å². The van der Waals surface area contributed by atoms with Gasteiger partial charge in [-0.05, 0) is 25.1 Å². The van der Waals surface area contributed by atoms with Crippen LogP contribution < -0.4 is 0 Å². The summed E-state index contributed by atoms with van der Waals surface area (Å²) in [5.41, 5.74) is 0.677. The average Bonchev–Trinajstić information content (AvgIpc) is 2.70. The summed E-state index contributed by atoms with van der Waals surface area (Å²) < 4.78 is 13.5. The van der Waals surface area contributed by atoms with E-state index in [1.165, 1.54) is 6.07 Å². The van der Waals surface area contributed by atoms with Gasteiger partial charge in [-0.1, -0.05) is 17.7 Å². The lowest BCUT2D eigenvalue weighted by Gasteiger charge is -2.05. The molecule has 0 aliphatic carbocycles. The fourth-order valence-electron chi connectivity index (χ4n) is 1.55. The Kier molecular flexibility index (Phi) is 3.10. The van der Waals surface area contributed by atoms with Crippen molar-refractivity contribution in [3.8, 4) is 5.82 Å². The molecule has 0 aliphatic rings. The van der Waals surface area contributed by atoms with Crippen molar-refractivity contribution in [1.82, 2.24) is 9.55 Å². The number of aromatic nitrogens is 2. The topological polar surface area (TPSA) is 44.1 Å². The molecule has 0 aromatic carbocycles. The zero-order valence-corrected chi connectivity index (χ0v) is 9.61. The molecule has 0 N–H and O–H groups in total. The molecule has 0 fully saturated rings. The van der Waals surface area contributed by atoms with E-state index >= 15 is 0 Å². The third-order valence-corrected chi connectivity index (χ3v) is 2.59. The number of carbonyl (C=O) groups is 1.